The van der Waals surface area contributed by atoms with E-state index in [1.807, 2.05) is 36.8 Å². The summed E-state index contributed by atoms with van der Waals surface area (Å²) in [5, 5.41) is 0. The van der Waals surface area contributed by atoms with Gasteiger partial charge in [-0.1, -0.05) is 35.9 Å². The van der Waals surface area contributed by atoms with Gasteiger partial charge in [0.15, 0.2) is 0 Å². The molecule has 0 radical (unpaired) electrons. The lowest BCUT2D eigenvalue weighted by Gasteiger charge is -2.20. The fourth-order valence-corrected chi connectivity index (χ4v) is 7.14. The van der Waals surface area contributed by atoms with Gasteiger partial charge in [0.2, 0.25) is 0 Å². The highest BCUT2D eigenvalue weighted by molar-refractivity contribution is 5.67. The summed E-state index contributed by atoms with van der Waals surface area (Å²) in [6, 6.07) is 19.2. The van der Waals surface area contributed by atoms with Crippen LogP contribution in [-0.4, -0.2) is 63.8 Å². The molecule has 0 bridgehead atoms. The summed E-state index contributed by atoms with van der Waals surface area (Å²) >= 11 is 0. The highest BCUT2D eigenvalue weighted by atomic mass is 16.5. The average Bonchev–Trinajstić information content (AvgIpc) is 4.00. The maximum absolute atomic E-state index is 5.44. The first kappa shape index (κ1) is 32.8. The van der Waals surface area contributed by atoms with E-state index in [0.29, 0.717) is 0 Å². The Hall–Kier alpha value is -5.71. The minimum atomic E-state index is 0.855. The van der Waals surface area contributed by atoms with Gasteiger partial charge in [-0.3, -0.25) is 0 Å². The molecule has 3 N–H and O–H groups in total. The molecule has 11 heteroatoms. The lowest BCUT2D eigenvalue weighted by molar-refractivity contribution is 0.411. The maximum atomic E-state index is 5.44. The van der Waals surface area contributed by atoms with Crippen molar-refractivity contribution in [2.45, 2.75) is 45.8 Å². The third-order valence-electron chi connectivity index (χ3n) is 9.55. The second-order valence-corrected chi connectivity index (χ2v) is 12.8. The number of fused-ring (bicyclic) bond motifs is 3. The van der Waals surface area contributed by atoms with Gasteiger partial charge in [0.05, 0.1) is 75.6 Å². The molecular formula is C39H45N9O2. The van der Waals surface area contributed by atoms with E-state index in [-0.39, 0.29) is 0 Å². The Morgan fingerprint density at radius 2 is 1.16 bits per heavy atom. The topological polar surface area (TPSA) is 114 Å². The minimum absolute atomic E-state index is 0.855. The smallest absolute Gasteiger partial charge is 0.142 e. The number of aryl methyl sites for hydroxylation is 1. The first-order chi connectivity index (χ1) is 24.6. The van der Waals surface area contributed by atoms with Crippen LogP contribution < -0.4 is 24.2 Å². The largest absolute Gasteiger partial charge is 0.496 e. The molecule has 6 heterocycles. The monoisotopic (exact) mass is 671 g/mol. The number of rotatable bonds is 8. The number of imidazole rings is 3. The van der Waals surface area contributed by atoms with Crippen LogP contribution >= 0.6 is 0 Å². The van der Waals surface area contributed by atoms with Crippen LogP contribution in [0.15, 0.2) is 92.2 Å². The van der Waals surface area contributed by atoms with Crippen molar-refractivity contribution in [3.05, 3.63) is 132 Å². The zero-order valence-electron chi connectivity index (χ0n) is 29.0. The van der Waals surface area contributed by atoms with Gasteiger partial charge in [-0.2, -0.15) is 0 Å². The van der Waals surface area contributed by atoms with Crippen molar-refractivity contribution in [1.82, 2.24) is 29.9 Å². The Balaban J connectivity index is 0.000000118. The molecule has 0 saturated carbocycles. The summed E-state index contributed by atoms with van der Waals surface area (Å²) in [6.07, 6.45) is 14.1. The van der Waals surface area contributed by atoms with Crippen LogP contribution in [0.1, 0.15) is 39.3 Å². The van der Waals surface area contributed by atoms with Gasteiger partial charge in [-0.05, 0) is 61.6 Å². The van der Waals surface area contributed by atoms with E-state index < -0.39 is 0 Å². The molecule has 9 rings (SSSR count). The summed E-state index contributed by atoms with van der Waals surface area (Å²) in [4.78, 5) is 28.7. The summed E-state index contributed by atoms with van der Waals surface area (Å²) in [6.45, 7) is 7.99. The molecule has 0 saturated heterocycles. The van der Waals surface area contributed by atoms with Crippen LogP contribution in [0.2, 0.25) is 0 Å². The number of H-pyrrole nitrogens is 3. The standard InChI is InChI=1S/2C13H15N3O.C13H15N3/c1-17-13-4-2-3-12-11(13)5-6-16(12)8-10-7-14-9-15-10;1-17-12-4-2-3-10-5-6-16(13(10)12)8-11-7-14-9-15-11;1-10-2-3-13-11(6-10)4-5-16(13)8-12-7-14-9-15-12/h2*2-4,7,9H,5-6,8H2,1H3,(H,14,15);2-3,6-7,9H,4-5,8H2,1H3,(H,14,15). The highest BCUT2D eigenvalue weighted by Crippen LogP contribution is 2.38. The molecule has 11 nitrogen and oxygen atoms in total. The fraction of sp³-hybridized carbons (Fsp3) is 0.308. The molecular weight excluding hydrogens is 626 g/mol. The quantitative estimate of drug-likeness (QED) is 0.174. The Kier molecular flexibility index (Phi) is 10.00. The van der Waals surface area contributed by atoms with Crippen LogP contribution in [0, 0.1) is 6.92 Å². The number of benzene rings is 3. The Labute approximate surface area is 293 Å². The highest BCUT2D eigenvalue weighted by Gasteiger charge is 2.24. The lowest BCUT2D eigenvalue weighted by atomic mass is 10.1. The van der Waals surface area contributed by atoms with Gasteiger partial charge in [0.1, 0.15) is 11.5 Å². The van der Waals surface area contributed by atoms with Crippen molar-refractivity contribution < 1.29 is 9.47 Å². The number of anilines is 3. The van der Waals surface area contributed by atoms with Crippen molar-refractivity contribution in [1.29, 1.82) is 0 Å². The molecule has 0 amide bonds. The summed E-state index contributed by atoms with van der Waals surface area (Å²) < 4.78 is 10.8. The van der Waals surface area contributed by atoms with Gasteiger partial charge in [0, 0.05) is 55.2 Å². The van der Waals surface area contributed by atoms with E-state index >= 15 is 0 Å². The van der Waals surface area contributed by atoms with E-state index in [4.69, 9.17) is 9.47 Å². The normalized spacial score (nSPS) is 13.9. The lowest BCUT2D eigenvalue weighted by Crippen LogP contribution is -2.20. The predicted octanol–water partition coefficient (Wildman–Crippen LogP) is 6.24. The van der Waals surface area contributed by atoms with Crippen LogP contribution in [0.3, 0.4) is 0 Å². The van der Waals surface area contributed by atoms with Crippen LogP contribution in [0.25, 0.3) is 0 Å². The van der Waals surface area contributed by atoms with E-state index in [1.165, 1.54) is 45.0 Å². The number of aromatic amines is 3. The van der Waals surface area contributed by atoms with Gasteiger partial charge in [0.25, 0.3) is 0 Å². The second-order valence-electron chi connectivity index (χ2n) is 12.8. The van der Waals surface area contributed by atoms with Gasteiger partial charge >= 0.3 is 0 Å². The predicted molar refractivity (Wildman–Crippen MR) is 197 cm³/mol. The molecule has 0 fully saturated rings. The number of hydrogen-bond donors (Lipinski definition) is 3. The molecule has 3 aliphatic rings. The average molecular weight is 672 g/mol. The van der Waals surface area contributed by atoms with Crippen molar-refractivity contribution in [2.24, 2.45) is 0 Å². The number of hydrogen-bond acceptors (Lipinski definition) is 8. The Bertz CT molecular complexity index is 1960. The molecule has 0 atom stereocenters. The summed E-state index contributed by atoms with van der Waals surface area (Å²) in [5.41, 5.74) is 12.8. The molecule has 0 spiro atoms. The number of aromatic nitrogens is 6. The molecule has 258 valence electrons. The van der Waals surface area contributed by atoms with E-state index in [0.717, 1.165) is 81.4 Å². The van der Waals surface area contributed by atoms with Gasteiger partial charge < -0.3 is 39.1 Å². The third kappa shape index (κ3) is 7.31. The van der Waals surface area contributed by atoms with Crippen LogP contribution in [0.5, 0.6) is 11.5 Å². The molecule has 0 unspecified atom stereocenters. The van der Waals surface area contributed by atoms with Crippen molar-refractivity contribution in [2.75, 3.05) is 48.6 Å². The SMILES string of the molecule is COc1cccc2c1CCN2Cc1cnc[nH]1.COc1cccc2c1N(Cc1cnc[nH]1)CC2.Cc1ccc2c(c1)CCN2Cc1cnc[nH]1. The fourth-order valence-electron chi connectivity index (χ4n) is 7.14. The maximum Gasteiger partial charge on any atom is 0.142 e. The number of para-hydroxylation sites is 1. The first-order valence-corrected chi connectivity index (χ1v) is 17.2. The third-order valence-corrected chi connectivity index (χ3v) is 9.55. The first-order valence-electron chi connectivity index (χ1n) is 17.2. The van der Waals surface area contributed by atoms with E-state index in [2.05, 4.69) is 87.9 Å². The van der Waals surface area contributed by atoms with Crippen LogP contribution in [-0.2, 0) is 38.9 Å². The number of ether oxygens (including phenoxy) is 2. The minimum Gasteiger partial charge on any atom is -0.496 e. The van der Waals surface area contributed by atoms with Gasteiger partial charge in [-0.15, -0.1) is 0 Å². The zero-order valence-corrected chi connectivity index (χ0v) is 29.0. The molecule has 0 aliphatic carbocycles. The molecule has 3 aromatic heterocycles. The number of methoxy groups -OCH3 is 2. The van der Waals surface area contributed by atoms with E-state index in [1.54, 1.807) is 33.2 Å². The Morgan fingerprint density at radius 1 is 0.600 bits per heavy atom. The second kappa shape index (κ2) is 15.2. The van der Waals surface area contributed by atoms with Crippen molar-refractivity contribution in [3.8, 4) is 11.5 Å². The number of nitrogens with one attached hydrogen (secondary N) is 3. The zero-order chi connectivity index (χ0) is 34.3. The molecule has 50 heavy (non-hydrogen) atoms. The van der Waals surface area contributed by atoms with Crippen molar-refractivity contribution in [3.63, 3.8) is 0 Å². The van der Waals surface area contributed by atoms with Crippen molar-refractivity contribution >= 4 is 17.1 Å². The molecule has 6 aromatic rings. The van der Waals surface area contributed by atoms with Gasteiger partial charge in [-0.25, -0.2) is 15.0 Å². The van der Waals surface area contributed by atoms with E-state index in [9.17, 15) is 0 Å². The summed E-state index contributed by atoms with van der Waals surface area (Å²) in [5.74, 6) is 1.95. The molecule has 3 aromatic carbocycles. The Morgan fingerprint density at radius 3 is 1.80 bits per heavy atom. The summed E-state index contributed by atoms with van der Waals surface area (Å²) in [7, 11) is 3.45. The number of nitrogens with zero attached hydrogens (tertiary/aromatic N) is 6. The molecule has 3 aliphatic heterocycles. The van der Waals surface area contributed by atoms with Crippen LogP contribution in [0.4, 0.5) is 17.1 Å².